The van der Waals surface area contributed by atoms with Gasteiger partial charge >= 0.3 is 10.2 Å². The Morgan fingerprint density at radius 3 is 2.24 bits per heavy atom. The van der Waals surface area contributed by atoms with Crippen LogP contribution in [0, 0.1) is 13.8 Å². The first-order valence-electron chi connectivity index (χ1n) is 7.26. The zero-order chi connectivity index (χ0) is 16.0. The smallest absolute Gasteiger partial charge is 0.301 e. The molecule has 6 heteroatoms. The number of anilines is 1. The molecule has 0 aliphatic carbocycles. The summed E-state index contributed by atoms with van der Waals surface area (Å²) < 4.78 is 28.5. The standard InChI is InChI=1S/C15H27N3O2S/c1-12(2)16-7-6-8-18(5)21(19,20)17-15-10-13(3)9-14(4)11-15/h9-12,16-17H,6-8H2,1-5H3. The number of nitrogens with one attached hydrogen (secondary N) is 2. The van der Waals surface area contributed by atoms with Crippen LogP contribution in [0.4, 0.5) is 5.69 Å². The number of nitrogens with zero attached hydrogens (tertiary/aromatic N) is 1. The van der Waals surface area contributed by atoms with Gasteiger partial charge in [0.25, 0.3) is 0 Å². The minimum absolute atomic E-state index is 0.417. The van der Waals surface area contributed by atoms with Gasteiger partial charge in [-0.2, -0.15) is 12.7 Å². The minimum Gasteiger partial charge on any atom is -0.314 e. The summed E-state index contributed by atoms with van der Waals surface area (Å²) in [5.74, 6) is 0. The van der Waals surface area contributed by atoms with Crippen LogP contribution < -0.4 is 10.0 Å². The Kier molecular flexibility index (Phi) is 6.64. The first kappa shape index (κ1) is 17.9. The van der Waals surface area contributed by atoms with Gasteiger partial charge in [-0.15, -0.1) is 0 Å². The molecule has 0 aliphatic heterocycles. The van der Waals surface area contributed by atoms with Crippen molar-refractivity contribution in [2.75, 3.05) is 24.9 Å². The van der Waals surface area contributed by atoms with Crippen LogP contribution in [0.5, 0.6) is 0 Å². The summed E-state index contributed by atoms with van der Waals surface area (Å²) in [5, 5.41) is 3.28. The molecule has 0 saturated heterocycles. The maximum atomic E-state index is 12.2. The van der Waals surface area contributed by atoms with Crippen molar-refractivity contribution < 1.29 is 8.42 Å². The molecule has 0 fully saturated rings. The molecule has 2 N–H and O–H groups in total. The highest BCUT2D eigenvalue weighted by atomic mass is 32.2. The maximum Gasteiger partial charge on any atom is 0.301 e. The van der Waals surface area contributed by atoms with E-state index in [-0.39, 0.29) is 0 Å². The molecule has 1 aromatic carbocycles. The van der Waals surface area contributed by atoms with Crippen LogP contribution in [0.25, 0.3) is 0 Å². The number of aryl methyl sites for hydroxylation is 2. The van der Waals surface area contributed by atoms with Crippen LogP contribution in [0.15, 0.2) is 18.2 Å². The van der Waals surface area contributed by atoms with E-state index in [0.717, 1.165) is 24.1 Å². The molecule has 0 aliphatic rings. The second-order valence-electron chi connectivity index (χ2n) is 5.77. The van der Waals surface area contributed by atoms with Crippen molar-refractivity contribution in [1.82, 2.24) is 9.62 Å². The van der Waals surface area contributed by atoms with E-state index >= 15 is 0 Å². The van der Waals surface area contributed by atoms with Gasteiger partial charge in [-0.1, -0.05) is 19.9 Å². The summed E-state index contributed by atoms with van der Waals surface area (Å²) in [6, 6.07) is 6.09. The zero-order valence-corrected chi connectivity index (χ0v) is 14.4. The normalized spacial score (nSPS) is 12.1. The lowest BCUT2D eigenvalue weighted by molar-refractivity contribution is 0.451. The zero-order valence-electron chi connectivity index (χ0n) is 13.6. The average Bonchev–Trinajstić information content (AvgIpc) is 2.32. The monoisotopic (exact) mass is 313 g/mol. The molecule has 0 amide bonds. The van der Waals surface area contributed by atoms with Gasteiger partial charge in [0.05, 0.1) is 5.69 Å². The fraction of sp³-hybridized carbons (Fsp3) is 0.600. The first-order valence-corrected chi connectivity index (χ1v) is 8.70. The van der Waals surface area contributed by atoms with Crippen LogP contribution >= 0.6 is 0 Å². The van der Waals surface area contributed by atoms with E-state index < -0.39 is 10.2 Å². The molecular formula is C15H27N3O2S. The lowest BCUT2D eigenvalue weighted by atomic mass is 10.1. The van der Waals surface area contributed by atoms with Gasteiger partial charge in [-0.25, -0.2) is 0 Å². The Morgan fingerprint density at radius 2 is 1.71 bits per heavy atom. The Morgan fingerprint density at radius 1 is 1.14 bits per heavy atom. The third kappa shape index (κ3) is 6.46. The number of hydrogen-bond donors (Lipinski definition) is 2. The lowest BCUT2D eigenvalue weighted by Crippen LogP contribution is -2.35. The summed E-state index contributed by atoms with van der Waals surface area (Å²) in [5.41, 5.74) is 2.69. The Bertz CT molecular complexity index is 536. The van der Waals surface area contributed by atoms with Gasteiger partial charge in [0, 0.05) is 19.6 Å². The molecule has 0 spiro atoms. The van der Waals surface area contributed by atoms with Crippen molar-refractivity contribution in [1.29, 1.82) is 0 Å². The van der Waals surface area contributed by atoms with Gasteiger partial charge in [0.15, 0.2) is 0 Å². The molecule has 1 aromatic rings. The van der Waals surface area contributed by atoms with E-state index in [2.05, 4.69) is 23.9 Å². The van der Waals surface area contributed by atoms with Crippen molar-refractivity contribution in [3.8, 4) is 0 Å². The molecule has 0 saturated carbocycles. The summed E-state index contributed by atoms with van der Waals surface area (Å²) in [4.78, 5) is 0. The molecule has 1 rings (SSSR count). The largest absolute Gasteiger partial charge is 0.314 e. The van der Waals surface area contributed by atoms with Crippen LogP contribution in [0.3, 0.4) is 0 Å². The lowest BCUT2D eigenvalue weighted by Gasteiger charge is -2.19. The quantitative estimate of drug-likeness (QED) is 0.724. The molecule has 21 heavy (non-hydrogen) atoms. The molecule has 5 nitrogen and oxygen atoms in total. The van der Waals surface area contributed by atoms with Gasteiger partial charge < -0.3 is 5.32 Å². The fourth-order valence-corrected chi connectivity index (χ4v) is 3.01. The summed E-state index contributed by atoms with van der Waals surface area (Å²) in [7, 11) is -1.89. The topological polar surface area (TPSA) is 61.4 Å². The van der Waals surface area contributed by atoms with Gasteiger partial charge in [-0.05, 0) is 50.1 Å². The van der Waals surface area contributed by atoms with E-state index in [1.807, 2.05) is 32.0 Å². The maximum absolute atomic E-state index is 12.2. The Balaban J connectivity index is 2.59. The average molecular weight is 313 g/mol. The fourth-order valence-electron chi connectivity index (χ4n) is 2.07. The third-order valence-electron chi connectivity index (χ3n) is 3.08. The van der Waals surface area contributed by atoms with Crippen LogP contribution in [0.1, 0.15) is 31.4 Å². The molecule has 0 atom stereocenters. The molecular weight excluding hydrogens is 286 g/mol. The van der Waals surface area contributed by atoms with E-state index in [1.54, 1.807) is 7.05 Å². The molecule has 0 unspecified atom stereocenters. The van der Waals surface area contributed by atoms with Crippen LogP contribution in [-0.4, -0.2) is 38.9 Å². The SMILES string of the molecule is Cc1cc(C)cc(NS(=O)(=O)N(C)CCCNC(C)C)c1. The van der Waals surface area contributed by atoms with Gasteiger partial charge in [0.2, 0.25) is 0 Å². The van der Waals surface area contributed by atoms with E-state index in [0.29, 0.717) is 18.3 Å². The Hall–Kier alpha value is -1.11. The number of benzene rings is 1. The van der Waals surface area contributed by atoms with E-state index in [4.69, 9.17) is 0 Å². The number of hydrogen-bond acceptors (Lipinski definition) is 3. The summed E-state index contributed by atoms with van der Waals surface area (Å²) in [6.45, 7) is 9.34. The predicted molar refractivity (Wildman–Crippen MR) is 88.8 cm³/mol. The molecule has 0 heterocycles. The van der Waals surface area contributed by atoms with Crippen LogP contribution in [-0.2, 0) is 10.2 Å². The van der Waals surface area contributed by atoms with Crippen molar-refractivity contribution in [2.45, 2.75) is 40.2 Å². The van der Waals surface area contributed by atoms with Crippen LogP contribution in [0.2, 0.25) is 0 Å². The second kappa shape index (κ2) is 7.77. The minimum atomic E-state index is -3.49. The molecule has 120 valence electrons. The molecule has 0 aromatic heterocycles. The summed E-state index contributed by atoms with van der Waals surface area (Å²) in [6.07, 6.45) is 0.780. The Labute approximate surface area is 128 Å². The van der Waals surface area contributed by atoms with Crippen molar-refractivity contribution in [3.63, 3.8) is 0 Å². The van der Waals surface area contributed by atoms with Crippen molar-refractivity contribution in [3.05, 3.63) is 29.3 Å². The first-order chi connectivity index (χ1) is 9.70. The molecule has 0 radical (unpaired) electrons. The molecule has 0 bridgehead atoms. The second-order valence-corrected chi connectivity index (χ2v) is 7.55. The highest BCUT2D eigenvalue weighted by Crippen LogP contribution is 2.16. The summed E-state index contributed by atoms with van der Waals surface area (Å²) >= 11 is 0. The predicted octanol–water partition coefficient (Wildman–Crippen LogP) is 2.28. The number of rotatable bonds is 8. The van der Waals surface area contributed by atoms with Crippen molar-refractivity contribution >= 4 is 15.9 Å². The van der Waals surface area contributed by atoms with Gasteiger partial charge in [-0.3, -0.25) is 4.72 Å². The van der Waals surface area contributed by atoms with E-state index in [1.165, 1.54) is 4.31 Å². The van der Waals surface area contributed by atoms with E-state index in [9.17, 15) is 8.42 Å². The van der Waals surface area contributed by atoms with Gasteiger partial charge in [0.1, 0.15) is 0 Å². The highest BCUT2D eigenvalue weighted by Gasteiger charge is 2.17. The highest BCUT2D eigenvalue weighted by molar-refractivity contribution is 7.90. The van der Waals surface area contributed by atoms with Crippen molar-refractivity contribution in [2.24, 2.45) is 0 Å². The third-order valence-corrected chi connectivity index (χ3v) is 4.58.